The summed E-state index contributed by atoms with van der Waals surface area (Å²) in [5.74, 6) is 1.20. The van der Waals surface area contributed by atoms with E-state index in [0.717, 1.165) is 37.4 Å². The predicted molar refractivity (Wildman–Crippen MR) is 89.1 cm³/mol. The van der Waals surface area contributed by atoms with Crippen molar-refractivity contribution < 1.29 is 10.0 Å². The van der Waals surface area contributed by atoms with Gasteiger partial charge in [0.2, 0.25) is 0 Å². The lowest BCUT2D eigenvalue weighted by Gasteiger charge is -2.33. The Labute approximate surface area is 139 Å². The van der Waals surface area contributed by atoms with E-state index in [1.807, 2.05) is 10.7 Å². The third kappa shape index (κ3) is 3.23. The van der Waals surface area contributed by atoms with Crippen molar-refractivity contribution in [3.63, 3.8) is 0 Å². The molecule has 3 heterocycles. The summed E-state index contributed by atoms with van der Waals surface area (Å²) in [4.78, 5) is 16.9. The lowest BCUT2D eigenvalue weighted by Crippen LogP contribution is -2.34. The fraction of sp³-hybridized carbons (Fsp3) is 0.500. The molecule has 1 saturated heterocycles. The fourth-order valence-corrected chi connectivity index (χ4v) is 3.27. The quantitative estimate of drug-likeness (QED) is 0.663. The van der Waals surface area contributed by atoms with Crippen LogP contribution in [-0.4, -0.2) is 44.5 Å². The second-order valence-corrected chi connectivity index (χ2v) is 6.05. The summed E-state index contributed by atoms with van der Waals surface area (Å²) in [5, 5.41) is 24.3. The summed E-state index contributed by atoms with van der Waals surface area (Å²) < 4.78 is 1.87. The maximum absolute atomic E-state index is 10.9. The molecule has 0 unspecified atom stereocenters. The van der Waals surface area contributed by atoms with E-state index in [1.165, 1.54) is 6.20 Å². The van der Waals surface area contributed by atoms with Crippen molar-refractivity contribution in [3.8, 4) is 0 Å². The van der Waals surface area contributed by atoms with Crippen LogP contribution in [-0.2, 0) is 6.54 Å². The zero-order valence-electron chi connectivity index (χ0n) is 13.6. The van der Waals surface area contributed by atoms with Gasteiger partial charge in [-0.2, -0.15) is 5.10 Å². The molecule has 128 valence electrons. The van der Waals surface area contributed by atoms with Gasteiger partial charge in [-0.3, -0.25) is 14.8 Å². The average molecular weight is 331 g/mol. The van der Waals surface area contributed by atoms with E-state index in [4.69, 9.17) is 5.11 Å². The molecule has 1 N–H and O–H groups in total. The lowest BCUT2D eigenvalue weighted by molar-refractivity contribution is -0.385. The topological polar surface area (TPSA) is 97.3 Å². The third-order valence-corrected chi connectivity index (χ3v) is 4.56. The summed E-state index contributed by atoms with van der Waals surface area (Å²) in [5.41, 5.74) is 1.85. The highest BCUT2D eigenvalue weighted by Crippen LogP contribution is 2.30. The van der Waals surface area contributed by atoms with Crippen LogP contribution in [0.15, 0.2) is 24.5 Å². The van der Waals surface area contributed by atoms with E-state index in [-0.39, 0.29) is 12.3 Å². The molecule has 0 radical (unpaired) electrons. The van der Waals surface area contributed by atoms with Gasteiger partial charge < -0.3 is 10.0 Å². The maximum Gasteiger partial charge on any atom is 0.290 e. The number of aliphatic hydroxyl groups excluding tert-OH is 1. The molecule has 0 atom stereocenters. The Hall–Kier alpha value is -2.48. The number of piperidine rings is 1. The molecule has 2 aromatic heterocycles. The number of pyridine rings is 1. The molecule has 0 spiro atoms. The first-order chi connectivity index (χ1) is 11.6. The van der Waals surface area contributed by atoms with Crippen LogP contribution < -0.4 is 4.90 Å². The molecule has 1 aliphatic heterocycles. The van der Waals surface area contributed by atoms with Gasteiger partial charge in [0.15, 0.2) is 0 Å². The predicted octanol–water partition coefficient (Wildman–Crippen LogP) is 1.87. The second kappa shape index (κ2) is 6.96. The molecule has 1 fully saturated rings. The molecule has 8 nitrogen and oxygen atoms in total. The molecular formula is C16H21N5O3. The van der Waals surface area contributed by atoms with Crippen molar-refractivity contribution in [2.24, 2.45) is 0 Å². The normalized spacial score (nSPS) is 15.7. The van der Waals surface area contributed by atoms with Crippen LogP contribution in [0.25, 0.3) is 0 Å². The summed E-state index contributed by atoms with van der Waals surface area (Å²) in [6, 6.07) is 3.80. The minimum atomic E-state index is -0.402. The number of nitrogens with zero attached hydrogens (tertiary/aromatic N) is 5. The minimum Gasteiger partial charge on any atom is -0.394 e. The number of aryl methyl sites for hydroxylation is 1. The van der Waals surface area contributed by atoms with E-state index in [9.17, 15) is 10.1 Å². The Kier molecular flexibility index (Phi) is 4.75. The Morgan fingerprint density at radius 1 is 1.42 bits per heavy atom. The maximum atomic E-state index is 10.9. The summed E-state index contributed by atoms with van der Waals surface area (Å²) in [7, 11) is 0. The Balaban J connectivity index is 1.68. The van der Waals surface area contributed by atoms with Crippen LogP contribution in [0, 0.1) is 17.0 Å². The van der Waals surface area contributed by atoms with Crippen LogP contribution in [0.1, 0.15) is 30.0 Å². The van der Waals surface area contributed by atoms with Crippen LogP contribution in [0.4, 0.5) is 11.5 Å². The molecule has 0 bridgehead atoms. The molecule has 2 aromatic rings. The monoisotopic (exact) mass is 331 g/mol. The number of rotatable bonds is 5. The summed E-state index contributed by atoms with van der Waals surface area (Å²) >= 11 is 0. The summed E-state index contributed by atoms with van der Waals surface area (Å²) in [6.45, 7) is 4.03. The smallest absolute Gasteiger partial charge is 0.290 e. The van der Waals surface area contributed by atoms with Gasteiger partial charge in [-0.1, -0.05) is 0 Å². The molecule has 0 aliphatic carbocycles. The van der Waals surface area contributed by atoms with E-state index in [2.05, 4.69) is 15.0 Å². The van der Waals surface area contributed by atoms with Crippen LogP contribution in [0.2, 0.25) is 0 Å². The Bertz CT molecular complexity index is 722. The molecule has 0 amide bonds. The zero-order chi connectivity index (χ0) is 17.1. The Morgan fingerprint density at radius 3 is 2.79 bits per heavy atom. The van der Waals surface area contributed by atoms with Crippen LogP contribution >= 0.6 is 0 Å². The van der Waals surface area contributed by atoms with E-state index in [1.54, 1.807) is 19.2 Å². The minimum absolute atomic E-state index is 0.0570. The summed E-state index contributed by atoms with van der Waals surface area (Å²) in [6.07, 6.45) is 5.05. The van der Waals surface area contributed by atoms with Gasteiger partial charge in [0.05, 0.1) is 18.1 Å². The van der Waals surface area contributed by atoms with Crippen molar-refractivity contribution in [1.29, 1.82) is 0 Å². The van der Waals surface area contributed by atoms with Crippen LogP contribution in [0.5, 0.6) is 0 Å². The van der Waals surface area contributed by atoms with Crippen molar-refractivity contribution in [2.75, 3.05) is 24.6 Å². The van der Waals surface area contributed by atoms with E-state index < -0.39 is 4.92 Å². The standard InChI is InChI=1S/C16H21N5O3/c1-12-10-16(17-11-15(12)21(23)24)19-6-3-13(4-7-19)14-2-5-18-20(14)8-9-22/h2,5,10-11,13,22H,3-4,6-9H2,1H3. The highest BCUT2D eigenvalue weighted by Gasteiger charge is 2.24. The molecule has 0 saturated carbocycles. The average Bonchev–Trinajstić information content (AvgIpc) is 3.03. The van der Waals surface area contributed by atoms with Crippen molar-refractivity contribution in [1.82, 2.24) is 14.8 Å². The fourth-order valence-electron chi connectivity index (χ4n) is 3.27. The van der Waals surface area contributed by atoms with Crippen molar-refractivity contribution in [3.05, 3.63) is 45.9 Å². The Morgan fingerprint density at radius 2 is 2.17 bits per heavy atom. The second-order valence-electron chi connectivity index (χ2n) is 6.05. The number of aromatic nitrogens is 3. The third-order valence-electron chi connectivity index (χ3n) is 4.56. The molecule has 1 aliphatic rings. The van der Waals surface area contributed by atoms with Crippen molar-refractivity contribution in [2.45, 2.75) is 32.2 Å². The first-order valence-electron chi connectivity index (χ1n) is 8.08. The van der Waals surface area contributed by atoms with Gasteiger partial charge in [0.25, 0.3) is 5.69 Å². The molecule has 3 rings (SSSR count). The molecule has 24 heavy (non-hydrogen) atoms. The number of anilines is 1. The largest absolute Gasteiger partial charge is 0.394 e. The number of nitro groups is 1. The molecule has 8 heteroatoms. The zero-order valence-corrected chi connectivity index (χ0v) is 13.6. The van der Waals surface area contributed by atoms with Gasteiger partial charge in [0, 0.05) is 36.5 Å². The molecule has 0 aromatic carbocycles. The molecular weight excluding hydrogens is 310 g/mol. The van der Waals surface area contributed by atoms with E-state index in [0.29, 0.717) is 18.0 Å². The van der Waals surface area contributed by atoms with Gasteiger partial charge >= 0.3 is 0 Å². The van der Waals surface area contributed by atoms with Gasteiger partial charge in [-0.05, 0) is 31.9 Å². The first kappa shape index (κ1) is 16.4. The van der Waals surface area contributed by atoms with Crippen LogP contribution in [0.3, 0.4) is 0 Å². The number of hydrogen-bond acceptors (Lipinski definition) is 6. The van der Waals surface area contributed by atoms with Gasteiger partial charge in [-0.25, -0.2) is 4.98 Å². The number of hydrogen-bond donors (Lipinski definition) is 1. The highest BCUT2D eigenvalue weighted by atomic mass is 16.6. The first-order valence-corrected chi connectivity index (χ1v) is 8.08. The highest BCUT2D eigenvalue weighted by molar-refractivity contribution is 5.49. The van der Waals surface area contributed by atoms with Gasteiger partial charge in [0.1, 0.15) is 12.0 Å². The van der Waals surface area contributed by atoms with Crippen molar-refractivity contribution >= 4 is 11.5 Å². The lowest BCUT2D eigenvalue weighted by atomic mass is 9.93. The van der Waals surface area contributed by atoms with E-state index >= 15 is 0 Å². The SMILES string of the molecule is Cc1cc(N2CCC(c3ccnn3CCO)CC2)ncc1[N+](=O)[O-]. The number of aliphatic hydroxyl groups is 1. The van der Waals surface area contributed by atoms with Gasteiger partial charge in [-0.15, -0.1) is 0 Å².